The lowest BCUT2D eigenvalue weighted by atomic mass is 10.1. The van der Waals surface area contributed by atoms with Crippen LogP contribution in [0.4, 0.5) is 10.5 Å². The highest BCUT2D eigenvalue weighted by Gasteiger charge is 2.53. The highest BCUT2D eigenvalue weighted by Crippen LogP contribution is 2.52. The predicted octanol–water partition coefficient (Wildman–Crippen LogP) is 7.43. The van der Waals surface area contributed by atoms with Gasteiger partial charge in [0.05, 0.1) is 15.4 Å². The molecular weight excluding hydrogens is 525 g/mol. The molecule has 1 atom stereocenters. The molecule has 0 saturated heterocycles. The molecule has 0 bridgehead atoms. The third-order valence-electron chi connectivity index (χ3n) is 6.95. The quantitative estimate of drug-likeness (QED) is 0.245. The number of fused-ring (bicyclic) bond motifs is 1. The molecule has 2 aliphatic rings. The van der Waals surface area contributed by atoms with Crippen LogP contribution in [0, 0.1) is 18.8 Å². The number of nitrogens with zero attached hydrogens (tertiary/aromatic N) is 1. The number of carboxylic acids is 1. The number of aliphatic carboxylic acids is 1. The van der Waals surface area contributed by atoms with Crippen molar-refractivity contribution in [3.63, 3.8) is 0 Å². The maximum absolute atomic E-state index is 12.8. The van der Waals surface area contributed by atoms with E-state index in [1.54, 1.807) is 22.7 Å². The fourth-order valence-electron chi connectivity index (χ4n) is 4.48. The van der Waals surface area contributed by atoms with Crippen molar-refractivity contribution in [1.29, 1.82) is 0 Å². The zero-order valence-corrected chi connectivity index (χ0v) is 22.7. The van der Waals surface area contributed by atoms with Crippen molar-refractivity contribution in [3.05, 3.63) is 67.9 Å². The normalized spacial score (nSPS) is 16.6. The lowest BCUT2D eigenvalue weighted by Crippen LogP contribution is -2.17. The van der Waals surface area contributed by atoms with E-state index in [9.17, 15) is 14.7 Å². The van der Waals surface area contributed by atoms with Crippen LogP contribution in [0.2, 0.25) is 0 Å². The number of hydrogen-bond donors (Lipinski definition) is 2. The number of nitrogens with one attached hydrogen (secondary N) is 1. The first-order chi connectivity index (χ1) is 17.8. The first kappa shape index (κ1) is 24.2. The summed E-state index contributed by atoms with van der Waals surface area (Å²) in [4.78, 5) is 27.4. The number of rotatable bonds is 6. The molecule has 4 aromatic rings. The van der Waals surface area contributed by atoms with Crippen LogP contribution < -0.4 is 5.32 Å². The van der Waals surface area contributed by atoms with E-state index in [1.807, 2.05) is 50.2 Å². The van der Waals surface area contributed by atoms with Crippen molar-refractivity contribution in [1.82, 2.24) is 4.37 Å². The Labute approximate surface area is 226 Å². The summed E-state index contributed by atoms with van der Waals surface area (Å²) in [6, 6.07) is 11.9. The summed E-state index contributed by atoms with van der Waals surface area (Å²) in [6.45, 7) is 3.87. The molecule has 0 spiro atoms. The first-order valence-corrected chi connectivity index (χ1v) is 14.6. The fraction of sp³-hybridized carbons (Fsp3) is 0.321. The smallest absolute Gasteiger partial charge is 0.412 e. The average molecular weight is 549 g/mol. The van der Waals surface area contributed by atoms with Crippen LogP contribution >= 0.6 is 34.2 Å². The van der Waals surface area contributed by atoms with E-state index in [4.69, 9.17) is 4.74 Å². The van der Waals surface area contributed by atoms with Gasteiger partial charge >= 0.3 is 12.1 Å². The van der Waals surface area contributed by atoms with Gasteiger partial charge in [-0.3, -0.25) is 10.1 Å². The first-order valence-electron chi connectivity index (χ1n) is 12.2. The van der Waals surface area contributed by atoms with E-state index in [0.717, 1.165) is 48.0 Å². The second kappa shape index (κ2) is 9.28. The van der Waals surface area contributed by atoms with Gasteiger partial charge in [-0.25, -0.2) is 4.79 Å². The Balaban J connectivity index is 1.21. The summed E-state index contributed by atoms with van der Waals surface area (Å²) in [7, 11) is 0. The van der Waals surface area contributed by atoms with Crippen molar-refractivity contribution in [2.45, 2.75) is 57.0 Å². The third-order valence-corrected chi connectivity index (χ3v) is 10.4. The minimum atomic E-state index is -0.733. The van der Waals surface area contributed by atoms with Crippen molar-refractivity contribution in [2.24, 2.45) is 0 Å². The number of ether oxygens (including phenoxy) is 1. The van der Waals surface area contributed by atoms with E-state index >= 15 is 0 Å². The number of aryl methyl sites for hydroxylation is 1. The van der Waals surface area contributed by atoms with Crippen LogP contribution in [0.15, 0.2) is 36.4 Å². The predicted molar refractivity (Wildman–Crippen MR) is 148 cm³/mol. The van der Waals surface area contributed by atoms with Gasteiger partial charge in [-0.05, 0) is 92.1 Å². The minimum Gasteiger partial charge on any atom is -0.481 e. The maximum atomic E-state index is 12.8. The van der Waals surface area contributed by atoms with Gasteiger partial charge in [0.2, 0.25) is 0 Å². The minimum absolute atomic E-state index is 0.383. The Morgan fingerprint density at radius 3 is 2.59 bits per heavy atom. The molecule has 188 valence electrons. The molecule has 2 N–H and O–H groups in total. The Hall–Kier alpha value is -3.19. The molecule has 3 aromatic heterocycles. The molecule has 3 heterocycles. The van der Waals surface area contributed by atoms with E-state index in [1.165, 1.54) is 11.5 Å². The second-order valence-corrected chi connectivity index (χ2v) is 12.6. The Bertz CT molecular complexity index is 1560. The van der Waals surface area contributed by atoms with Gasteiger partial charge in [0.1, 0.15) is 11.5 Å². The monoisotopic (exact) mass is 548 g/mol. The molecule has 2 aliphatic carbocycles. The van der Waals surface area contributed by atoms with Crippen LogP contribution in [-0.2, 0) is 14.9 Å². The van der Waals surface area contributed by atoms with E-state index in [-0.39, 0.29) is 6.10 Å². The third kappa shape index (κ3) is 4.65. The average Bonchev–Trinajstić information content (AvgIpc) is 3.75. The van der Waals surface area contributed by atoms with Crippen LogP contribution in [0.3, 0.4) is 0 Å². The van der Waals surface area contributed by atoms with Gasteiger partial charge in [0.25, 0.3) is 0 Å². The standard InChI is InChI=1S/C28H24N2O4S3/c1-15-5-3-4-6-19(15)16(2)34-27(33)29-24-20(30-37-25(24)17-7-8-17)10-9-18-13-21-22(35-18)14-23(36-21)28(11-12-28)26(31)32/h3-6,13-14,16-17H,7-8,11-12H2,1-2H3,(H,29,33)(H,31,32). The Kier molecular flexibility index (Phi) is 6.06. The van der Waals surface area contributed by atoms with E-state index in [2.05, 4.69) is 21.5 Å². The van der Waals surface area contributed by atoms with Gasteiger partial charge in [0.15, 0.2) is 5.69 Å². The highest BCUT2D eigenvalue weighted by atomic mass is 32.1. The molecular formula is C28H24N2O4S3. The highest BCUT2D eigenvalue weighted by molar-refractivity contribution is 7.28. The number of anilines is 1. The largest absolute Gasteiger partial charge is 0.481 e. The van der Waals surface area contributed by atoms with Gasteiger partial charge < -0.3 is 9.84 Å². The van der Waals surface area contributed by atoms with Crippen LogP contribution in [-0.4, -0.2) is 21.5 Å². The van der Waals surface area contributed by atoms with Gasteiger partial charge in [-0.15, -0.1) is 22.7 Å². The molecule has 1 unspecified atom stereocenters. The summed E-state index contributed by atoms with van der Waals surface area (Å²) < 4.78 is 12.4. The zero-order valence-electron chi connectivity index (χ0n) is 20.3. The number of amides is 1. The number of carboxylic acid groups (broad SMARTS) is 1. The summed E-state index contributed by atoms with van der Waals surface area (Å²) in [5.74, 6) is 6.04. The van der Waals surface area contributed by atoms with Crippen LogP contribution in [0.5, 0.6) is 0 Å². The molecule has 2 fully saturated rings. The number of carbonyl (C=O) groups is 2. The van der Waals surface area contributed by atoms with Crippen molar-refractivity contribution >= 4 is 61.4 Å². The van der Waals surface area contributed by atoms with E-state index in [0.29, 0.717) is 30.1 Å². The lowest BCUT2D eigenvalue weighted by molar-refractivity contribution is -0.139. The number of hydrogen-bond acceptors (Lipinski definition) is 7. The van der Waals surface area contributed by atoms with Crippen molar-refractivity contribution in [2.75, 3.05) is 5.32 Å². The summed E-state index contributed by atoms with van der Waals surface area (Å²) in [6.07, 6.45) is 2.68. The maximum Gasteiger partial charge on any atom is 0.412 e. The van der Waals surface area contributed by atoms with Crippen molar-refractivity contribution < 1.29 is 19.4 Å². The van der Waals surface area contributed by atoms with Crippen LogP contribution in [0.1, 0.15) is 76.1 Å². The molecule has 0 aliphatic heterocycles. The number of carbonyl (C=O) groups excluding carboxylic acids is 1. The van der Waals surface area contributed by atoms with Gasteiger partial charge in [-0.1, -0.05) is 24.3 Å². The SMILES string of the molecule is Cc1ccccc1C(C)OC(=O)Nc1c(C#Cc2cc3sc(C4(C(=O)O)CC4)cc3s2)nsc1C1CC1. The van der Waals surface area contributed by atoms with Gasteiger partial charge in [-0.2, -0.15) is 4.37 Å². The van der Waals surface area contributed by atoms with Crippen molar-refractivity contribution in [3.8, 4) is 11.8 Å². The summed E-state index contributed by atoms with van der Waals surface area (Å²) in [5.41, 5.74) is 2.57. The summed E-state index contributed by atoms with van der Waals surface area (Å²) in [5, 5.41) is 12.5. The van der Waals surface area contributed by atoms with Crippen LogP contribution in [0.25, 0.3) is 9.40 Å². The molecule has 1 aromatic carbocycles. The molecule has 1 amide bonds. The molecule has 0 radical (unpaired) electrons. The Morgan fingerprint density at radius 1 is 1.16 bits per heavy atom. The van der Waals surface area contributed by atoms with Gasteiger partial charge in [0, 0.05) is 14.3 Å². The molecule has 2 saturated carbocycles. The molecule has 37 heavy (non-hydrogen) atoms. The molecule has 9 heteroatoms. The topological polar surface area (TPSA) is 88.5 Å². The lowest BCUT2D eigenvalue weighted by Gasteiger charge is -2.16. The fourth-order valence-corrected chi connectivity index (χ4v) is 7.91. The number of benzene rings is 1. The number of thiophene rings is 2. The summed E-state index contributed by atoms with van der Waals surface area (Å²) >= 11 is 4.49. The Morgan fingerprint density at radius 2 is 1.92 bits per heavy atom. The van der Waals surface area contributed by atoms with E-state index < -0.39 is 17.5 Å². The zero-order chi connectivity index (χ0) is 25.7. The second-order valence-electron chi connectivity index (χ2n) is 9.66. The molecule has 6 rings (SSSR count). The number of aromatic nitrogens is 1. The molecule has 6 nitrogen and oxygen atoms in total.